The fourth-order valence-corrected chi connectivity index (χ4v) is 2.85. The van der Waals surface area contributed by atoms with Crippen molar-refractivity contribution >= 4 is 21.4 Å². The summed E-state index contributed by atoms with van der Waals surface area (Å²) in [5.74, 6) is 0.707. The molecular weight excluding hydrogens is 298 g/mol. The van der Waals surface area contributed by atoms with Gasteiger partial charge in [0.1, 0.15) is 0 Å². The van der Waals surface area contributed by atoms with Crippen LogP contribution in [0.4, 0.5) is 0 Å². The Morgan fingerprint density at radius 1 is 1.20 bits per heavy atom. The summed E-state index contributed by atoms with van der Waals surface area (Å²) >= 11 is 1.52. The predicted octanol–water partition coefficient (Wildman–Crippen LogP) is 2.11. The van der Waals surface area contributed by atoms with Crippen LogP contribution in [0.2, 0.25) is 0 Å². The van der Waals surface area contributed by atoms with Crippen molar-refractivity contribution in [2.45, 2.75) is 4.90 Å². The summed E-state index contributed by atoms with van der Waals surface area (Å²) in [7, 11) is -3.75. The van der Waals surface area contributed by atoms with E-state index in [1.165, 1.54) is 23.5 Å². The van der Waals surface area contributed by atoms with Gasteiger partial charge < -0.3 is 4.52 Å². The lowest BCUT2D eigenvalue weighted by Gasteiger charge is -1.99. The molecule has 0 spiro atoms. The van der Waals surface area contributed by atoms with E-state index in [0.29, 0.717) is 17.3 Å². The lowest BCUT2D eigenvalue weighted by Crippen LogP contribution is -2.11. The molecule has 3 aromatic rings. The van der Waals surface area contributed by atoms with Gasteiger partial charge in [-0.1, -0.05) is 17.3 Å². The van der Waals surface area contributed by atoms with Crippen molar-refractivity contribution < 1.29 is 12.9 Å². The molecule has 0 radical (unpaired) electrons. The molecule has 0 aliphatic heterocycles. The van der Waals surface area contributed by atoms with E-state index in [1.54, 1.807) is 12.1 Å². The second-order valence-corrected chi connectivity index (χ2v) is 6.35. The molecule has 2 aromatic heterocycles. The molecule has 0 aliphatic rings. The SMILES string of the molecule is NS(=O)(=O)c1cccc(-c2noc(-c3ccsc3)n2)c1. The molecule has 8 heteroatoms. The summed E-state index contributed by atoms with van der Waals surface area (Å²) in [4.78, 5) is 4.25. The van der Waals surface area contributed by atoms with Crippen LogP contribution in [0.1, 0.15) is 0 Å². The van der Waals surface area contributed by atoms with Crippen molar-refractivity contribution in [1.82, 2.24) is 10.1 Å². The van der Waals surface area contributed by atoms with Gasteiger partial charge in [0, 0.05) is 10.9 Å². The first-order chi connectivity index (χ1) is 9.54. The molecule has 0 aliphatic carbocycles. The average molecular weight is 307 g/mol. The molecule has 102 valence electrons. The highest BCUT2D eigenvalue weighted by Gasteiger charge is 2.13. The van der Waals surface area contributed by atoms with E-state index in [0.717, 1.165) is 5.56 Å². The zero-order valence-electron chi connectivity index (χ0n) is 10.1. The smallest absolute Gasteiger partial charge is 0.259 e. The first-order valence-electron chi connectivity index (χ1n) is 5.53. The van der Waals surface area contributed by atoms with E-state index < -0.39 is 10.0 Å². The van der Waals surface area contributed by atoms with Crippen LogP contribution in [0.3, 0.4) is 0 Å². The standard InChI is InChI=1S/C12H9N3O3S2/c13-20(16,17)10-3-1-2-8(6-10)11-14-12(18-15-11)9-4-5-19-7-9/h1-7H,(H2,13,16,17). The Kier molecular flexibility index (Phi) is 3.13. The van der Waals surface area contributed by atoms with Crippen molar-refractivity contribution in [3.8, 4) is 22.8 Å². The quantitative estimate of drug-likeness (QED) is 0.799. The molecule has 6 nitrogen and oxygen atoms in total. The number of aromatic nitrogens is 2. The summed E-state index contributed by atoms with van der Waals surface area (Å²) in [6.45, 7) is 0. The molecule has 0 amide bonds. The van der Waals surface area contributed by atoms with Gasteiger partial charge in [-0.05, 0) is 23.6 Å². The Labute approximate surface area is 118 Å². The number of nitrogens with zero attached hydrogens (tertiary/aromatic N) is 2. The molecule has 0 fully saturated rings. The summed E-state index contributed by atoms with van der Waals surface area (Å²) in [6.07, 6.45) is 0. The van der Waals surface area contributed by atoms with Gasteiger partial charge in [-0.25, -0.2) is 13.6 Å². The van der Waals surface area contributed by atoms with Gasteiger partial charge in [-0.15, -0.1) is 0 Å². The summed E-state index contributed by atoms with van der Waals surface area (Å²) in [5, 5.41) is 12.7. The minimum Gasteiger partial charge on any atom is -0.334 e. The normalized spacial score (nSPS) is 11.7. The monoisotopic (exact) mass is 307 g/mol. The summed E-state index contributed by atoms with van der Waals surface area (Å²) in [6, 6.07) is 7.96. The van der Waals surface area contributed by atoms with Crippen LogP contribution in [0, 0.1) is 0 Å². The lowest BCUT2D eigenvalue weighted by molar-refractivity contribution is 0.432. The first-order valence-corrected chi connectivity index (χ1v) is 8.02. The van der Waals surface area contributed by atoms with Crippen molar-refractivity contribution in [1.29, 1.82) is 0 Å². The maximum Gasteiger partial charge on any atom is 0.259 e. The Morgan fingerprint density at radius 3 is 2.75 bits per heavy atom. The highest BCUT2D eigenvalue weighted by atomic mass is 32.2. The molecule has 0 atom stereocenters. The summed E-state index contributed by atoms with van der Waals surface area (Å²) in [5.41, 5.74) is 1.36. The van der Waals surface area contributed by atoms with E-state index >= 15 is 0 Å². The number of thiophene rings is 1. The third kappa shape index (κ3) is 2.48. The third-order valence-corrected chi connectivity index (χ3v) is 4.21. The topological polar surface area (TPSA) is 99.1 Å². The van der Waals surface area contributed by atoms with Crippen molar-refractivity contribution in [2.24, 2.45) is 5.14 Å². The van der Waals surface area contributed by atoms with Crippen molar-refractivity contribution in [2.75, 3.05) is 0 Å². The second-order valence-electron chi connectivity index (χ2n) is 4.01. The minimum atomic E-state index is -3.75. The Morgan fingerprint density at radius 2 is 2.05 bits per heavy atom. The number of hydrogen-bond acceptors (Lipinski definition) is 6. The number of rotatable bonds is 3. The highest BCUT2D eigenvalue weighted by molar-refractivity contribution is 7.89. The van der Waals surface area contributed by atoms with Crippen LogP contribution >= 0.6 is 11.3 Å². The van der Waals surface area contributed by atoms with Crippen LogP contribution < -0.4 is 5.14 Å². The maximum absolute atomic E-state index is 11.3. The zero-order valence-corrected chi connectivity index (χ0v) is 11.7. The molecule has 1 aromatic carbocycles. The van der Waals surface area contributed by atoms with Gasteiger partial charge in [-0.3, -0.25) is 0 Å². The lowest BCUT2D eigenvalue weighted by atomic mass is 10.2. The summed E-state index contributed by atoms with van der Waals surface area (Å²) < 4.78 is 27.8. The number of primary sulfonamides is 1. The van der Waals surface area contributed by atoms with Gasteiger partial charge in [0.05, 0.1) is 10.5 Å². The van der Waals surface area contributed by atoms with Crippen LogP contribution in [0.15, 0.2) is 50.5 Å². The van der Waals surface area contributed by atoms with E-state index in [4.69, 9.17) is 9.66 Å². The molecule has 20 heavy (non-hydrogen) atoms. The average Bonchev–Trinajstić information content (AvgIpc) is 3.09. The number of sulfonamides is 1. The second kappa shape index (κ2) is 4.82. The first kappa shape index (κ1) is 13.0. The molecule has 2 N–H and O–H groups in total. The van der Waals surface area contributed by atoms with Gasteiger partial charge in [0.2, 0.25) is 15.8 Å². The van der Waals surface area contributed by atoms with Gasteiger partial charge in [0.15, 0.2) is 0 Å². The Bertz CT molecular complexity index is 838. The molecule has 0 saturated heterocycles. The zero-order chi connectivity index (χ0) is 14.2. The third-order valence-electron chi connectivity index (χ3n) is 2.61. The van der Waals surface area contributed by atoms with Crippen molar-refractivity contribution in [3.63, 3.8) is 0 Å². The Hall–Kier alpha value is -2.03. The number of benzene rings is 1. The van der Waals surface area contributed by atoms with Gasteiger partial charge in [0.25, 0.3) is 5.89 Å². The van der Waals surface area contributed by atoms with E-state index in [9.17, 15) is 8.42 Å². The van der Waals surface area contributed by atoms with E-state index in [1.807, 2.05) is 16.8 Å². The van der Waals surface area contributed by atoms with E-state index in [2.05, 4.69) is 10.1 Å². The van der Waals surface area contributed by atoms with E-state index in [-0.39, 0.29) is 4.90 Å². The van der Waals surface area contributed by atoms with Crippen LogP contribution in [0.25, 0.3) is 22.8 Å². The highest BCUT2D eigenvalue weighted by Crippen LogP contribution is 2.24. The molecule has 0 bridgehead atoms. The largest absolute Gasteiger partial charge is 0.334 e. The van der Waals surface area contributed by atoms with Gasteiger partial charge in [-0.2, -0.15) is 16.3 Å². The fourth-order valence-electron chi connectivity index (χ4n) is 1.66. The number of hydrogen-bond donors (Lipinski definition) is 1. The van der Waals surface area contributed by atoms with Crippen molar-refractivity contribution in [3.05, 3.63) is 41.1 Å². The molecular formula is C12H9N3O3S2. The fraction of sp³-hybridized carbons (Fsp3) is 0. The van der Waals surface area contributed by atoms with Gasteiger partial charge >= 0.3 is 0 Å². The molecule has 3 rings (SSSR count). The predicted molar refractivity (Wildman–Crippen MR) is 74.4 cm³/mol. The molecule has 0 unspecified atom stereocenters. The van der Waals surface area contributed by atoms with Crippen LogP contribution in [-0.4, -0.2) is 18.6 Å². The number of nitrogens with two attached hydrogens (primary N) is 1. The molecule has 2 heterocycles. The van der Waals surface area contributed by atoms with Crippen LogP contribution in [0.5, 0.6) is 0 Å². The van der Waals surface area contributed by atoms with Crippen LogP contribution in [-0.2, 0) is 10.0 Å². The minimum absolute atomic E-state index is 0.0110. The Balaban J connectivity index is 2.02. The maximum atomic E-state index is 11.3. The molecule has 0 saturated carbocycles.